The normalized spacial score (nSPS) is 10.7. The first-order valence-corrected chi connectivity index (χ1v) is 7.12. The molecule has 0 aliphatic rings. The molecule has 1 heterocycles. The number of hydrogen-bond donors (Lipinski definition) is 1. The molecule has 0 aliphatic heterocycles. The maximum absolute atomic E-state index is 4.56. The van der Waals surface area contributed by atoms with E-state index in [1.807, 2.05) is 0 Å². The molecule has 1 N–H and O–H groups in total. The Balaban J connectivity index is 1.94. The highest BCUT2D eigenvalue weighted by atomic mass is 32.1. The molecular weight excluding hydrogens is 240 g/mol. The lowest BCUT2D eigenvalue weighted by atomic mass is 10.1. The number of nitrogens with zero attached hydrogens (tertiary/aromatic N) is 1. The second-order valence-electron chi connectivity index (χ2n) is 4.67. The van der Waals surface area contributed by atoms with Crippen LogP contribution in [0.5, 0.6) is 0 Å². The van der Waals surface area contributed by atoms with Crippen LogP contribution in [0.2, 0.25) is 0 Å². The summed E-state index contributed by atoms with van der Waals surface area (Å²) in [6.45, 7) is 9.46. The molecule has 2 rings (SSSR count). The second kappa shape index (κ2) is 5.53. The highest BCUT2D eigenvalue weighted by molar-refractivity contribution is 7.11. The summed E-state index contributed by atoms with van der Waals surface area (Å²) in [6.07, 6.45) is 0.993. The largest absolute Gasteiger partial charge is 0.384 e. The van der Waals surface area contributed by atoms with E-state index >= 15 is 0 Å². The molecule has 96 valence electrons. The van der Waals surface area contributed by atoms with Gasteiger partial charge in [0.2, 0.25) is 0 Å². The molecule has 0 radical (unpaired) electrons. The quantitative estimate of drug-likeness (QED) is 0.897. The van der Waals surface area contributed by atoms with Crippen molar-refractivity contribution in [1.29, 1.82) is 0 Å². The third-order valence-corrected chi connectivity index (χ3v) is 4.46. The molecule has 3 heteroatoms. The fraction of sp³-hybridized carbons (Fsp3) is 0.400. The van der Waals surface area contributed by atoms with Gasteiger partial charge in [0.15, 0.2) is 0 Å². The van der Waals surface area contributed by atoms with Gasteiger partial charge in [0.05, 0.1) is 10.7 Å². The summed E-state index contributed by atoms with van der Waals surface area (Å²) in [5, 5.41) is 4.72. The van der Waals surface area contributed by atoms with Crippen LogP contribution in [0, 0.1) is 27.7 Å². The van der Waals surface area contributed by atoms with Gasteiger partial charge in [-0.15, -0.1) is 11.3 Å². The molecule has 0 atom stereocenters. The van der Waals surface area contributed by atoms with E-state index in [4.69, 9.17) is 0 Å². The van der Waals surface area contributed by atoms with Crippen molar-refractivity contribution in [2.24, 2.45) is 0 Å². The van der Waals surface area contributed by atoms with Crippen LogP contribution in [0.3, 0.4) is 0 Å². The Morgan fingerprint density at radius 2 is 1.94 bits per heavy atom. The molecule has 0 spiro atoms. The van der Waals surface area contributed by atoms with Crippen molar-refractivity contribution in [3.63, 3.8) is 0 Å². The Bertz CT molecular complexity index is 524. The maximum Gasteiger partial charge on any atom is 0.0948 e. The summed E-state index contributed by atoms with van der Waals surface area (Å²) in [5.74, 6) is 0. The topological polar surface area (TPSA) is 24.9 Å². The van der Waals surface area contributed by atoms with Crippen molar-refractivity contribution >= 4 is 17.0 Å². The van der Waals surface area contributed by atoms with Gasteiger partial charge in [0.25, 0.3) is 0 Å². The standard InChI is InChI=1S/C15H20N2S/c1-10-6-5-7-14(11(10)2)16-9-8-15-17-12(3)13(4)18-15/h5-7,16H,8-9H2,1-4H3. The summed E-state index contributed by atoms with van der Waals surface area (Å²) >= 11 is 1.81. The van der Waals surface area contributed by atoms with E-state index < -0.39 is 0 Å². The highest BCUT2D eigenvalue weighted by Crippen LogP contribution is 2.19. The van der Waals surface area contributed by atoms with Gasteiger partial charge >= 0.3 is 0 Å². The SMILES string of the molecule is Cc1cccc(NCCc2nc(C)c(C)s2)c1C. The van der Waals surface area contributed by atoms with Crippen LogP contribution < -0.4 is 5.32 Å². The molecule has 1 aromatic carbocycles. The average Bonchev–Trinajstić information content (AvgIpc) is 2.64. The molecule has 0 aliphatic carbocycles. The minimum absolute atomic E-state index is 0.941. The predicted octanol–water partition coefficient (Wildman–Crippen LogP) is 4.03. The van der Waals surface area contributed by atoms with Crippen molar-refractivity contribution in [3.8, 4) is 0 Å². The van der Waals surface area contributed by atoms with E-state index in [0.717, 1.165) is 13.0 Å². The zero-order valence-corrected chi connectivity index (χ0v) is 12.3. The Labute approximate surface area is 113 Å². The zero-order chi connectivity index (χ0) is 13.1. The molecule has 0 saturated heterocycles. The lowest BCUT2D eigenvalue weighted by Gasteiger charge is -2.10. The first kappa shape index (κ1) is 13.1. The fourth-order valence-electron chi connectivity index (χ4n) is 1.89. The summed E-state index contributed by atoms with van der Waals surface area (Å²) in [6, 6.07) is 6.39. The Kier molecular flexibility index (Phi) is 4.02. The zero-order valence-electron chi connectivity index (χ0n) is 11.5. The van der Waals surface area contributed by atoms with E-state index in [0.29, 0.717) is 0 Å². The fourth-order valence-corrected chi connectivity index (χ4v) is 2.83. The number of aromatic nitrogens is 1. The number of thiazole rings is 1. The lowest BCUT2D eigenvalue weighted by molar-refractivity contribution is 0.983. The van der Waals surface area contributed by atoms with Crippen molar-refractivity contribution in [1.82, 2.24) is 4.98 Å². The molecule has 0 fully saturated rings. The van der Waals surface area contributed by atoms with Crippen LogP contribution in [-0.2, 0) is 6.42 Å². The van der Waals surface area contributed by atoms with Crippen LogP contribution in [0.1, 0.15) is 26.7 Å². The Morgan fingerprint density at radius 1 is 1.17 bits per heavy atom. The molecule has 2 nitrogen and oxygen atoms in total. The molecule has 1 aromatic heterocycles. The molecule has 0 saturated carbocycles. The van der Waals surface area contributed by atoms with E-state index in [2.05, 4.69) is 56.2 Å². The molecule has 18 heavy (non-hydrogen) atoms. The Morgan fingerprint density at radius 3 is 2.61 bits per heavy atom. The highest BCUT2D eigenvalue weighted by Gasteiger charge is 2.04. The molecule has 2 aromatic rings. The van der Waals surface area contributed by atoms with Crippen LogP contribution in [0.25, 0.3) is 0 Å². The summed E-state index contributed by atoms with van der Waals surface area (Å²) in [5.41, 5.74) is 5.08. The van der Waals surface area contributed by atoms with Crippen molar-refractivity contribution < 1.29 is 0 Å². The monoisotopic (exact) mass is 260 g/mol. The lowest BCUT2D eigenvalue weighted by Crippen LogP contribution is -2.06. The van der Waals surface area contributed by atoms with E-state index in [1.165, 1.54) is 32.4 Å². The van der Waals surface area contributed by atoms with Gasteiger partial charge in [0, 0.05) is 23.5 Å². The smallest absolute Gasteiger partial charge is 0.0948 e. The van der Waals surface area contributed by atoms with Crippen LogP contribution in [0.15, 0.2) is 18.2 Å². The first-order valence-electron chi connectivity index (χ1n) is 6.31. The van der Waals surface area contributed by atoms with Gasteiger partial charge < -0.3 is 5.32 Å². The minimum Gasteiger partial charge on any atom is -0.384 e. The van der Waals surface area contributed by atoms with E-state index in [-0.39, 0.29) is 0 Å². The van der Waals surface area contributed by atoms with Gasteiger partial charge in [-0.3, -0.25) is 0 Å². The molecular formula is C15H20N2S. The average molecular weight is 260 g/mol. The van der Waals surface area contributed by atoms with Gasteiger partial charge in [-0.25, -0.2) is 4.98 Å². The Hall–Kier alpha value is -1.35. The van der Waals surface area contributed by atoms with Gasteiger partial charge in [-0.1, -0.05) is 12.1 Å². The number of rotatable bonds is 4. The summed E-state index contributed by atoms with van der Waals surface area (Å²) < 4.78 is 0. The molecule has 0 unspecified atom stereocenters. The van der Waals surface area contributed by atoms with Gasteiger partial charge in [0.1, 0.15) is 0 Å². The van der Waals surface area contributed by atoms with E-state index in [1.54, 1.807) is 11.3 Å². The third kappa shape index (κ3) is 2.91. The maximum atomic E-state index is 4.56. The van der Waals surface area contributed by atoms with E-state index in [9.17, 15) is 0 Å². The van der Waals surface area contributed by atoms with Crippen molar-refractivity contribution in [2.45, 2.75) is 34.1 Å². The first-order chi connectivity index (χ1) is 8.58. The second-order valence-corrected chi connectivity index (χ2v) is 5.96. The number of hydrogen-bond acceptors (Lipinski definition) is 3. The number of anilines is 1. The minimum atomic E-state index is 0.941. The summed E-state index contributed by atoms with van der Waals surface area (Å²) in [7, 11) is 0. The van der Waals surface area contributed by atoms with Crippen molar-refractivity contribution in [3.05, 3.63) is 44.9 Å². The van der Waals surface area contributed by atoms with Crippen molar-refractivity contribution in [2.75, 3.05) is 11.9 Å². The molecule has 0 bridgehead atoms. The predicted molar refractivity (Wildman–Crippen MR) is 79.7 cm³/mol. The number of aryl methyl sites for hydroxylation is 3. The summed E-state index contributed by atoms with van der Waals surface area (Å²) in [4.78, 5) is 5.89. The van der Waals surface area contributed by atoms with Crippen LogP contribution in [-0.4, -0.2) is 11.5 Å². The third-order valence-electron chi connectivity index (χ3n) is 3.33. The number of benzene rings is 1. The van der Waals surface area contributed by atoms with Gasteiger partial charge in [-0.2, -0.15) is 0 Å². The number of nitrogens with one attached hydrogen (secondary N) is 1. The van der Waals surface area contributed by atoms with Crippen LogP contribution >= 0.6 is 11.3 Å². The van der Waals surface area contributed by atoms with Crippen LogP contribution in [0.4, 0.5) is 5.69 Å². The molecule has 0 amide bonds. The van der Waals surface area contributed by atoms with Gasteiger partial charge in [-0.05, 0) is 44.9 Å².